The first-order chi connectivity index (χ1) is 11.7. The number of nitrogens with one attached hydrogen (secondary N) is 3. The van der Waals surface area contributed by atoms with E-state index in [9.17, 15) is 14.4 Å². The van der Waals surface area contributed by atoms with Gasteiger partial charge in [-0.2, -0.15) is 0 Å². The first kappa shape index (κ1) is 21.2. The number of carbonyl (C=O) groups excluding carboxylic acids is 3. The minimum atomic E-state index is -0.549. The number of anilines is 1. The second kappa shape index (κ2) is 10.2. The number of hydrogen-bond acceptors (Lipinski definition) is 4. The quantitative estimate of drug-likeness (QED) is 0.668. The van der Waals surface area contributed by atoms with Crippen molar-refractivity contribution >= 4 is 46.7 Å². The van der Waals surface area contributed by atoms with E-state index in [1.807, 2.05) is 13.8 Å². The molecule has 0 heterocycles. The van der Waals surface area contributed by atoms with Crippen molar-refractivity contribution in [1.29, 1.82) is 0 Å². The monoisotopic (exact) mass is 388 g/mol. The van der Waals surface area contributed by atoms with Gasteiger partial charge in [-0.15, -0.1) is 0 Å². The number of likely N-dealkylation sites (N-methyl/N-ethyl adjacent to an activating group) is 1. The highest BCUT2D eigenvalue weighted by molar-refractivity contribution is 6.42. The van der Waals surface area contributed by atoms with Gasteiger partial charge in [-0.05, 0) is 31.2 Å². The molecule has 1 aromatic rings. The number of imide groups is 1. The molecule has 7 nitrogen and oxygen atoms in total. The normalized spacial score (nSPS) is 10.7. The molecule has 0 atom stereocenters. The van der Waals surface area contributed by atoms with Gasteiger partial charge in [0.2, 0.25) is 11.8 Å². The Kier molecular flexibility index (Phi) is 8.68. The number of benzene rings is 1. The molecule has 0 radical (unpaired) electrons. The molecular weight excluding hydrogens is 367 g/mol. The number of rotatable bonds is 7. The molecule has 138 valence electrons. The molecule has 0 bridgehead atoms. The first-order valence-corrected chi connectivity index (χ1v) is 8.44. The minimum Gasteiger partial charge on any atom is -0.338 e. The molecule has 0 aromatic heterocycles. The van der Waals surface area contributed by atoms with E-state index in [0.717, 1.165) is 0 Å². The van der Waals surface area contributed by atoms with Crippen LogP contribution in [0.2, 0.25) is 10.0 Å². The Morgan fingerprint density at radius 3 is 2.32 bits per heavy atom. The molecule has 0 unspecified atom stereocenters. The van der Waals surface area contributed by atoms with Gasteiger partial charge in [0, 0.05) is 12.2 Å². The molecule has 9 heteroatoms. The highest BCUT2D eigenvalue weighted by Gasteiger charge is 2.13. The summed E-state index contributed by atoms with van der Waals surface area (Å²) in [6.45, 7) is 4.25. The predicted octanol–water partition coefficient (Wildman–Crippen LogP) is 2.35. The van der Waals surface area contributed by atoms with Gasteiger partial charge in [0.05, 0.1) is 23.1 Å². The lowest BCUT2D eigenvalue weighted by atomic mass is 10.2. The second-order valence-electron chi connectivity index (χ2n) is 6.00. The molecule has 25 heavy (non-hydrogen) atoms. The number of urea groups is 1. The van der Waals surface area contributed by atoms with Gasteiger partial charge in [0.25, 0.3) is 0 Å². The lowest BCUT2D eigenvalue weighted by Crippen LogP contribution is -2.45. The van der Waals surface area contributed by atoms with Crippen LogP contribution in [0.5, 0.6) is 0 Å². The summed E-state index contributed by atoms with van der Waals surface area (Å²) in [6, 6.07) is 4.19. The molecule has 0 fully saturated rings. The van der Waals surface area contributed by atoms with Crippen molar-refractivity contribution in [2.45, 2.75) is 13.8 Å². The zero-order valence-electron chi connectivity index (χ0n) is 14.4. The fourth-order valence-corrected chi connectivity index (χ4v) is 2.13. The fraction of sp³-hybridized carbons (Fsp3) is 0.438. The third-order valence-electron chi connectivity index (χ3n) is 2.95. The predicted molar refractivity (Wildman–Crippen MR) is 99.0 cm³/mol. The lowest BCUT2D eigenvalue weighted by molar-refractivity contribution is -0.122. The van der Waals surface area contributed by atoms with Gasteiger partial charge in [-0.25, -0.2) is 4.79 Å². The van der Waals surface area contributed by atoms with Crippen molar-refractivity contribution < 1.29 is 14.4 Å². The van der Waals surface area contributed by atoms with Gasteiger partial charge < -0.3 is 10.6 Å². The van der Waals surface area contributed by atoms with E-state index in [4.69, 9.17) is 23.2 Å². The standard InChI is InChI=1S/C16H22Cl2N4O3/c1-10(2)7-19-16(25)21-15(24)9-22(3)8-14(23)20-11-4-5-12(17)13(18)6-11/h4-6,10H,7-9H2,1-3H3,(H,20,23)(H2,19,21,24,25). The van der Waals surface area contributed by atoms with Crippen LogP contribution in [0.1, 0.15) is 13.8 Å². The number of halogens is 2. The average Bonchev–Trinajstić information content (AvgIpc) is 2.48. The van der Waals surface area contributed by atoms with Gasteiger partial charge in [0.15, 0.2) is 0 Å². The summed E-state index contributed by atoms with van der Waals surface area (Å²) < 4.78 is 0. The third kappa shape index (κ3) is 8.72. The van der Waals surface area contributed by atoms with Crippen LogP contribution in [0.15, 0.2) is 18.2 Å². The van der Waals surface area contributed by atoms with E-state index in [1.165, 1.54) is 11.0 Å². The van der Waals surface area contributed by atoms with E-state index < -0.39 is 11.9 Å². The van der Waals surface area contributed by atoms with Crippen LogP contribution in [0, 0.1) is 5.92 Å². The molecule has 3 N–H and O–H groups in total. The van der Waals surface area contributed by atoms with E-state index in [0.29, 0.717) is 22.3 Å². The summed E-state index contributed by atoms with van der Waals surface area (Å²) in [5.74, 6) is -0.530. The summed E-state index contributed by atoms with van der Waals surface area (Å²) in [5, 5.41) is 8.16. The van der Waals surface area contributed by atoms with Crippen molar-refractivity contribution in [2.75, 3.05) is 32.0 Å². The average molecular weight is 389 g/mol. The van der Waals surface area contributed by atoms with Crippen molar-refractivity contribution in [3.8, 4) is 0 Å². The van der Waals surface area contributed by atoms with E-state index >= 15 is 0 Å². The van der Waals surface area contributed by atoms with E-state index in [2.05, 4.69) is 16.0 Å². The third-order valence-corrected chi connectivity index (χ3v) is 3.69. The maximum Gasteiger partial charge on any atom is 0.321 e. The van der Waals surface area contributed by atoms with Crippen LogP contribution < -0.4 is 16.0 Å². The Labute approximate surface area is 157 Å². The van der Waals surface area contributed by atoms with Crippen LogP contribution in [0.4, 0.5) is 10.5 Å². The summed E-state index contributed by atoms with van der Waals surface area (Å²) in [4.78, 5) is 36.7. The van der Waals surface area contributed by atoms with Crippen LogP contribution >= 0.6 is 23.2 Å². The molecule has 0 spiro atoms. The van der Waals surface area contributed by atoms with Crippen molar-refractivity contribution in [1.82, 2.24) is 15.5 Å². The smallest absolute Gasteiger partial charge is 0.321 e. The highest BCUT2D eigenvalue weighted by atomic mass is 35.5. The van der Waals surface area contributed by atoms with Crippen LogP contribution in [0.3, 0.4) is 0 Å². The van der Waals surface area contributed by atoms with Gasteiger partial charge in [-0.1, -0.05) is 37.0 Å². The Bertz CT molecular complexity index is 638. The van der Waals surface area contributed by atoms with Crippen LogP contribution in [-0.4, -0.2) is 49.4 Å². The Morgan fingerprint density at radius 2 is 1.72 bits per heavy atom. The zero-order chi connectivity index (χ0) is 19.0. The first-order valence-electron chi connectivity index (χ1n) is 7.68. The Balaban J connectivity index is 2.38. The Morgan fingerprint density at radius 1 is 1.08 bits per heavy atom. The molecule has 0 aliphatic carbocycles. The number of amides is 4. The minimum absolute atomic E-state index is 0.0265. The fourth-order valence-electron chi connectivity index (χ4n) is 1.83. The molecule has 0 aliphatic rings. The number of hydrogen-bond donors (Lipinski definition) is 3. The van der Waals surface area contributed by atoms with Crippen LogP contribution in [-0.2, 0) is 9.59 Å². The summed E-state index contributed by atoms with van der Waals surface area (Å²) in [7, 11) is 1.60. The van der Waals surface area contributed by atoms with Crippen molar-refractivity contribution in [3.05, 3.63) is 28.2 Å². The topological polar surface area (TPSA) is 90.5 Å². The second-order valence-corrected chi connectivity index (χ2v) is 6.82. The van der Waals surface area contributed by atoms with E-state index in [1.54, 1.807) is 19.2 Å². The Hall–Kier alpha value is -1.83. The van der Waals surface area contributed by atoms with Gasteiger partial charge in [0.1, 0.15) is 0 Å². The lowest BCUT2D eigenvalue weighted by Gasteiger charge is -2.16. The molecule has 1 rings (SSSR count). The number of carbonyl (C=O) groups is 3. The zero-order valence-corrected chi connectivity index (χ0v) is 15.9. The number of nitrogens with zero attached hydrogens (tertiary/aromatic N) is 1. The highest BCUT2D eigenvalue weighted by Crippen LogP contribution is 2.24. The van der Waals surface area contributed by atoms with Gasteiger partial charge >= 0.3 is 6.03 Å². The molecule has 0 saturated heterocycles. The summed E-state index contributed by atoms with van der Waals surface area (Å²) in [6.07, 6.45) is 0. The largest absolute Gasteiger partial charge is 0.338 e. The van der Waals surface area contributed by atoms with E-state index in [-0.39, 0.29) is 24.9 Å². The maximum absolute atomic E-state index is 12.0. The molecule has 4 amide bonds. The van der Waals surface area contributed by atoms with Crippen LogP contribution in [0.25, 0.3) is 0 Å². The van der Waals surface area contributed by atoms with Gasteiger partial charge in [-0.3, -0.25) is 19.8 Å². The maximum atomic E-state index is 12.0. The molecule has 0 saturated carbocycles. The van der Waals surface area contributed by atoms with Crippen molar-refractivity contribution in [3.63, 3.8) is 0 Å². The molecule has 1 aromatic carbocycles. The summed E-state index contributed by atoms with van der Waals surface area (Å²) >= 11 is 11.7. The van der Waals surface area contributed by atoms with Crippen molar-refractivity contribution in [2.24, 2.45) is 5.92 Å². The molecular formula is C16H22Cl2N4O3. The molecule has 0 aliphatic heterocycles. The SMILES string of the molecule is CC(C)CNC(=O)NC(=O)CN(C)CC(=O)Nc1ccc(Cl)c(Cl)c1. The summed E-state index contributed by atoms with van der Waals surface area (Å²) in [5.41, 5.74) is 0.505.